The van der Waals surface area contributed by atoms with Crippen molar-refractivity contribution in [2.75, 3.05) is 39.5 Å². The van der Waals surface area contributed by atoms with E-state index >= 15 is 0 Å². The van der Waals surface area contributed by atoms with Crippen molar-refractivity contribution in [3.63, 3.8) is 0 Å². The number of ether oxygens (including phenoxy) is 2. The monoisotopic (exact) mass is 408 g/mol. The number of hydrogen-bond acceptors (Lipinski definition) is 4. The van der Waals surface area contributed by atoms with Crippen LogP contribution in [0.4, 0.5) is 13.2 Å². The lowest BCUT2D eigenvalue weighted by molar-refractivity contribution is -0.137. The second-order valence-corrected chi connectivity index (χ2v) is 6.72. The third kappa shape index (κ3) is 6.47. The Morgan fingerprint density at radius 2 is 1.86 bits per heavy atom. The van der Waals surface area contributed by atoms with Crippen LogP contribution < -0.4 is 10.1 Å². The first-order chi connectivity index (χ1) is 13.9. The molecule has 1 aliphatic heterocycles. The molecule has 3 rings (SSSR count). The predicted molar refractivity (Wildman–Crippen MR) is 102 cm³/mol. The van der Waals surface area contributed by atoms with Gasteiger partial charge in [-0.2, -0.15) is 13.2 Å². The standard InChI is InChI=1S/C21H23F3N2O3/c22-21(23,24)18-5-2-6-19(14-18)29-10-7-25-20(27)17-4-1-3-16(13-17)15-26-8-11-28-12-9-26/h1-6,13-14H,7-12,15H2,(H,25,27). The van der Waals surface area contributed by atoms with Gasteiger partial charge >= 0.3 is 6.18 Å². The molecule has 1 fully saturated rings. The van der Waals surface area contributed by atoms with Gasteiger partial charge in [-0.3, -0.25) is 9.69 Å². The fourth-order valence-corrected chi connectivity index (χ4v) is 3.03. The minimum absolute atomic E-state index is 0.0700. The van der Waals surface area contributed by atoms with E-state index in [1.807, 2.05) is 18.2 Å². The molecule has 0 saturated carbocycles. The van der Waals surface area contributed by atoms with Crippen LogP contribution >= 0.6 is 0 Å². The largest absolute Gasteiger partial charge is 0.492 e. The number of nitrogens with zero attached hydrogens (tertiary/aromatic N) is 1. The molecule has 0 aromatic heterocycles. The molecular formula is C21H23F3N2O3. The highest BCUT2D eigenvalue weighted by molar-refractivity contribution is 5.94. The van der Waals surface area contributed by atoms with Gasteiger partial charge in [-0.1, -0.05) is 18.2 Å². The third-order valence-electron chi connectivity index (χ3n) is 4.52. The highest BCUT2D eigenvalue weighted by atomic mass is 19.4. The molecule has 1 saturated heterocycles. The van der Waals surface area contributed by atoms with Crippen molar-refractivity contribution in [3.05, 3.63) is 65.2 Å². The minimum atomic E-state index is -4.42. The molecule has 0 aliphatic carbocycles. The molecule has 0 unspecified atom stereocenters. The molecule has 8 heteroatoms. The maximum Gasteiger partial charge on any atom is 0.416 e. The van der Waals surface area contributed by atoms with Crippen molar-refractivity contribution in [2.24, 2.45) is 0 Å². The molecule has 1 aliphatic rings. The molecule has 5 nitrogen and oxygen atoms in total. The molecule has 2 aromatic rings. The Morgan fingerprint density at radius 1 is 1.10 bits per heavy atom. The molecule has 0 bridgehead atoms. The van der Waals surface area contributed by atoms with Gasteiger partial charge in [0.15, 0.2) is 0 Å². The number of morpholine rings is 1. The SMILES string of the molecule is O=C(NCCOc1cccc(C(F)(F)F)c1)c1cccc(CN2CCOCC2)c1. The van der Waals surface area contributed by atoms with Crippen LogP contribution in [0.2, 0.25) is 0 Å². The van der Waals surface area contributed by atoms with E-state index in [2.05, 4.69) is 10.2 Å². The van der Waals surface area contributed by atoms with E-state index in [4.69, 9.17) is 9.47 Å². The molecule has 0 radical (unpaired) electrons. The molecule has 0 spiro atoms. The van der Waals surface area contributed by atoms with E-state index in [-0.39, 0.29) is 24.8 Å². The fraction of sp³-hybridized carbons (Fsp3) is 0.381. The van der Waals surface area contributed by atoms with E-state index in [0.717, 1.165) is 37.3 Å². The van der Waals surface area contributed by atoms with Crippen LogP contribution in [0.1, 0.15) is 21.5 Å². The van der Waals surface area contributed by atoms with Crippen LogP contribution in [0.25, 0.3) is 0 Å². The van der Waals surface area contributed by atoms with Gasteiger partial charge in [0.05, 0.1) is 25.3 Å². The lowest BCUT2D eigenvalue weighted by Crippen LogP contribution is -2.35. The summed E-state index contributed by atoms with van der Waals surface area (Å²) in [5, 5.41) is 2.73. The van der Waals surface area contributed by atoms with E-state index in [0.29, 0.717) is 18.8 Å². The quantitative estimate of drug-likeness (QED) is 0.714. The second-order valence-electron chi connectivity index (χ2n) is 6.72. The van der Waals surface area contributed by atoms with Gasteiger partial charge in [-0.05, 0) is 35.9 Å². The van der Waals surface area contributed by atoms with Gasteiger partial charge in [0.1, 0.15) is 12.4 Å². The van der Waals surface area contributed by atoms with Crippen molar-refractivity contribution >= 4 is 5.91 Å². The van der Waals surface area contributed by atoms with Gasteiger partial charge < -0.3 is 14.8 Å². The Labute approximate surface area is 167 Å². The van der Waals surface area contributed by atoms with Crippen LogP contribution in [-0.2, 0) is 17.5 Å². The second kappa shape index (κ2) is 9.76. The van der Waals surface area contributed by atoms with Gasteiger partial charge in [0.2, 0.25) is 0 Å². The molecular weight excluding hydrogens is 385 g/mol. The number of hydrogen-bond donors (Lipinski definition) is 1. The average Bonchev–Trinajstić information content (AvgIpc) is 2.72. The summed E-state index contributed by atoms with van der Waals surface area (Å²) in [6, 6.07) is 12.1. The number of carbonyl (C=O) groups excluding carboxylic acids is 1. The Hall–Kier alpha value is -2.58. The lowest BCUT2D eigenvalue weighted by atomic mass is 10.1. The highest BCUT2D eigenvalue weighted by Crippen LogP contribution is 2.31. The molecule has 29 heavy (non-hydrogen) atoms. The maximum atomic E-state index is 12.7. The first kappa shape index (κ1) is 21.1. The zero-order valence-electron chi connectivity index (χ0n) is 15.9. The molecule has 2 aromatic carbocycles. The highest BCUT2D eigenvalue weighted by Gasteiger charge is 2.30. The average molecular weight is 408 g/mol. The molecule has 1 heterocycles. The lowest BCUT2D eigenvalue weighted by Gasteiger charge is -2.26. The van der Waals surface area contributed by atoms with E-state index in [1.165, 1.54) is 12.1 Å². The van der Waals surface area contributed by atoms with Crippen molar-refractivity contribution in [1.29, 1.82) is 0 Å². The normalized spacial score (nSPS) is 15.1. The number of rotatable bonds is 7. The summed E-state index contributed by atoms with van der Waals surface area (Å²) in [4.78, 5) is 14.6. The van der Waals surface area contributed by atoms with Crippen molar-refractivity contribution in [2.45, 2.75) is 12.7 Å². The van der Waals surface area contributed by atoms with Gasteiger partial charge in [0, 0.05) is 25.2 Å². The summed E-state index contributed by atoms with van der Waals surface area (Å²) >= 11 is 0. The Balaban J connectivity index is 1.46. The number of benzene rings is 2. The van der Waals surface area contributed by atoms with Crippen molar-refractivity contribution < 1.29 is 27.4 Å². The van der Waals surface area contributed by atoms with E-state index < -0.39 is 11.7 Å². The number of alkyl halides is 3. The molecule has 0 atom stereocenters. The molecule has 156 valence electrons. The minimum Gasteiger partial charge on any atom is -0.492 e. The Bertz CT molecular complexity index is 821. The number of nitrogens with one attached hydrogen (secondary N) is 1. The number of amides is 1. The smallest absolute Gasteiger partial charge is 0.416 e. The Kier molecular flexibility index (Phi) is 7.11. The summed E-state index contributed by atoms with van der Waals surface area (Å²) in [7, 11) is 0. The number of carbonyl (C=O) groups is 1. The summed E-state index contributed by atoms with van der Waals surface area (Å²) in [6.07, 6.45) is -4.42. The summed E-state index contributed by atoms with van der Waals surface area (Å²) in [6.45, 7) is 4.16. The van der Waals surface area contributed by atoms with E-state index in [9.17, 15) is 18.0 Å². The zero-order chi connectivity index (χ0) is 20.7. The predicted octanol–water partition coefficient (Wildman–Crippen LogP) is 3.35. The molecule has 1 N–H and O–H groups in total. The van der Waals surface area contributed by atoms with Crippen LogP contribution in [0.15, 0.2) is 48.5 Å². The van der Waals surface area contributed by atoms with Crippen molar-refractivity contribution in [3.8, 4) is 5.75 Å². The third-order valence-corrected chi connectivity index (χ3v) is 4.52. The molecule has 1 amide bonds. The van der Waals surface area contributed by atoms with Crippen molar-refractivity contribution in [1.82, 2.24) is 10.2 Å². The van der Waals surface area contributed by atoms with Crippen LogP contribution in [0.5, 0.6) is 5.75 Å². The maximum absolute atomic E-state index is 12.7. The summed E-state index contributed by atoms with van der Waals surface area (Å²) in [5.74, 6) is -0.136. The Morgan fingerprint density at radius 3 is 2.62 bits per heavy atom. The zero-order valence-corrected chi connectivity index (χ0v) is 15.9. The first-order valence-corrected chi connectivity index (χ1v) is 9.39. The van der Waals surface area contributed by atoms with Gasteiger partial charge in [-0.25, -0.2) is 0 Å². The van der Waals surface area contributed by atoms with Gasteiger partial charge in [-0.15, -0.1) is 0 Å². The first-order valence-electron chi connectivity index (χ1n) is 9.39. The van der Waals surface area contributed by atoms with E-state index in [1.54, 1.807) is 6.07 Å². The summed E-state index contributed by atoms with van der Waals surface area (Å²) in [5.41, 5.74) is 0.811. The van der Waals surface area contributed by atoms with Crippen LogP contribution in [-0.4, -0.2) is 50.3 Å². The van der Waals surface area contributed by atoms with Crippen LogP contribution in [0.3, 0.4) is 0 Å². The topological polar surface area (TPSA) is 50.8 Å². The number of halogens is 3. The fourth-order valence-electron chi connectivity index (χ4n) is 3.03. The van der Waals surface area contributed by atoms with Gasteiger partial charge in [0.25, 0.3) is 5.91 Å². The van der Waals surface area contributed by atoms with Crippen LogP contribution in [0, 0.1) is 0 Å². The summed E-state index contributed by atoms with van der Waals surface area (Å²) < 4.78 is 48.8.